The normalized spacial score (nSPS) is 10.6. The summed E-state index contributed by atoms with van der Waals surface area (Å²) in [6.45, 7) is 0.463. The number of nitrogens with zero attached hydrogens (tertiary/aromatic N) is 1. The highest BCUT2D eigenvalue weighted by atomic mass is 79.9. The Morgan fingerprint density at radius 1 is 1.08 bits per heavy atom. The SMILES string of the molecule is COC(=O)c1ccc(CN(C)C(=O)/C=C/c2ccc(Br)cc2)cc1. The van der Waals surface area contributed by atoms with Gasteiger partial charge in [0.1, 0.15) is 0 Å². The van der Waals surface area contributed by atoms with Gasteiger partial charge in [0, 0.05) is 24.1 Å². The van der Waals surface area contributed by atoms with Crippen LogP contribution in [0.3, 0.4) is 0 Å². The summed E-state index contributed by atoms with van der Waals surface area (Å²) in [5, 5.41) is 0. The molecule has 2 aromatic rings. The second kappa shape index (κ2) is 8.45. The molecule has 0 heterocycles. The maximum atomic E-state index is 12.2. The Morgan fingerprint density at radius 2 is 1.71 bits per heavy atom. The van der Waals surface area contributed by atoms with Crippen LogP contribution in [0.25, 0.3) is 6.08 Å². The first-order valence-corrected chi connectivity index (χ1v) is 8.15. The highest BCUT2D eigenvalue weighted by Gasteiger charge is 2.08. The standard InChI is InChI=1S/C19H18BrNO3/c1-21(13-15-3-8-16(9-4-15)19(23)24-2)18(22)12-7-14-5-10-17(20)11-6-14/h3-12H,13H2,1-2H3/b12-7+. The molecule has 0 fully saturated rings. The number of carbonyl (C=O) groups excluding carboxylic acids is 2. The van der Waals surface area contributed by atoms with Gasteiger partial charge in [0.05, 0.1) is 12.7 Å². The quantitative estimate of drug-likeness (QED) is 0.577. The second-order valence-electron chi connectivity index (χ2n) is 5.27. The summed E-state index contributed by atoms with van der Waals surface area (Å²) in [6, 6.07) is 14.7. The van der Waals surface area contributed by atoms with Crippen molar-refractivity contribution in [2.24, 2.45) is 0 Å². The van der Waals surface area contributed by atoms with Crippen molar-refractivity contribution in [3.8, 4) is 0 Å². The summed E-state index contributed by atoms with van der Waals surface area (Å²) in [5.74, 6) is -0.460. The van der Waals surface area contributed by atoms with E-state index >= 15 is 0 Å². The molecule has 5 heteroatoms. The van der Waals surface area contributed by atoms with Crippen molar-refractivity contribution < 1.29 is 14.3 Å². The zero-order valence-corrected chi connectivity index (χ0v) is 15.1. The molecule has 0 aromatic heterocycles. The van der Waals surface area contributed by atoms with Crippen molar-refractivity contribution in [2.75, 3.05) is 14.2 Å². The molecule has 2 rings (SSSR count). The monoisotopic (exact) mass is 387 g/mol. The smallest absolute Gasteiger partial charge is 0.337 e. The molecule has 0 bridgehead atoms. The molecule has 0 aliphatic heterocycles. The van der Waals surface area contributed by atoms with E-state index in [4.69, 9.17) is 0 Å². The molecule has 0 aliphatic carbocycles. The van der Waals surface area contributed by atoms with Crippen molar-refractivity contribution >= 4 is 33.9 Å². The maximum Gasteiger partial charge on any atom is 0.337 e. The third-order valence-electron chi connectivity index (χ3n) is 3.46. The van der Waals surface area contributed by atoms with Gasteiger partial charge in [0.15, 0.2) is 0 Å². The van der Waals surface area contributed by atoms with Crippen LogP contribution in [0.1, 0.15) is 21.5 Å². The molecule has 0 unspecified atom stereocenters. The maximum absolute atomic E-state index is 12.2. The van der Waals surface area contributed by atoms with Crippen molar-refractivity contribution in [1.82, 2.24) is 4.90 Å². The fourth-order valence-corrected chi connectivity index (χ4v) is 2.35. The number of halogens is 1. The number of hydrogen-bond acceptors (Lipinski definition) is 3. The molecular formula is C19H18BrNO3. The van der Waals surface area contributed by atoms with Crippen molar-refractivity contribution in [3.63, 3.8) is 0 Å². The minimum Gasteiger partial charge on any atom is -0.465 e. The van der Waals surface area contributed by atoms with E-state index in [1.54, 1.807) is 36.2 Å². The largest absolute Gasteiger partial charge is 0.465 e. The van der Waals surface area contributed by atoms with E-state index in [0.717, 1.165) is 15.6 Å². The van der Waals surface area contributed by atoms with E-state index in [1.807, 2.05) is 36.4 Å². The third-order valence-corrected chi connectivity index (χ3v) is 3.99. The highest BCUT2D eigenvalue weighted by molar-refractivity contribution is 9.10. The average Bonchev–Trinajstić information content (AvgIpc) is 2.60. The zero-order valence-electron chi connectivity index (χ0n) is 13.5. The number of carbonyl (C=O) groups is 2. The molecule has 1 amide bonds. The van der Waals surface area contributed by atoms with Crippen molar-refractivity contribution in [3.05, 3.63) is 75.8 Å². The Balaban J connectivity index is 1.95. The van der Waals surface area contributed by atoms with Gasteiger partial charge in [-0.05, 0) is 41.5 Å². The van der Waals surface area contributed by atoms with Gasteiger partial charge in [-0.1, -0.05) is 40.2 Å². The number of amides is 1. The van der Waals surface area contributed by atoms with Crippen LogP contribution < -0.4 is 0 Å². The van der Waals surface area contributed by atoms with E-state index in [0.29, 0.717) is 12.1 Å². The lowest BCUT2D eigenvalue weighted by atomic mass is 10.1. The zero-order chi connectivity index (χ0) is 17.5. The molecule has 0 radical (unpaired) electrons. The third kappa shape index (κ3) is 5.06. The van der Waals surface area contributed by atoms with Gasteiger partial charge in [-0.2, -0.15) is 0 Å². The lowest BCUT2D eigenvalue weighted by Gasteiger charge is -2.15. The van der Waals surface area contributed by atoms with Crippen LogP contribution in [0.2, 0.25) is 0 Å². The average molecular weight is 388 g/mol. The van der Waals surface area contributed by atoms with Crippen molar-refractivity contribution in [1.29, 1.82) is 0 Å². The first-order chi connectivity index (χ1) is 11.5. The number of likely N-dealkylation sites (N-methyl/N-ethyl adjacent to an activating group) is 1. The molecular weight excluding hydrogens is 370 g/mol. The minimum absolute atomic E-state index is 0.0880. The Kier molecular flexibility index (Phi) is 6.32. The van der Waals surface area contributed by atoms with Crippen LogP contribution in [0.15, 0.2) is 59.1 Å². The van der Waals surface area contributed by atoms with Crippen LogP contribution in [-0.4, -0.2) is 30.9 Å². The fraction of sp³-hybridized carbons (Fsp3) is 0.158. The molecule has 0 aliphatic rings. The molecule has 4 nitrogen and oxygen atoms in total. The molecule has 124 valence electrons. The van der Waals surface area contributed by atoms with E-state index in [9.17, 15) is 9.59 Å². The lowest BCUT2D eigenvalue weighted by Crippen LogP contribution is -2.24. The summed E-state index contributed by atoms with van der Waals surface area (Å²) in [5.41, 5.74) is 2.39. The topological polar surface area (TPSA) is 46.6 Å². The molecule has 0 spiro atoms. The number of methoxy groups -OCH3 is 1. The fourth-order valence-electron chi connectivity index (χ4n) is 2.08. The van der Waals surface area contributed by atoms with Gasteiger partial charge in [-0.3, -0.25) is 4.79 Å². The summed E-state index contributed by atoms with van der Waals surface area (Å²) < 4.78 is 5.66. The summed E-state index contributed by atoms with van der Waals surface area (Å²) in [7, 11) is 3.09. The summed E-state index contributed by atoms with van der Waals surface area (Å²) in [4.78, 5) is 25.2. The Bertz CT molecular complexity index is 736. The number of esters is 1. The predicted molar refractivity (Wildman–Crippen MR) is 97.4 cm³/mol. The Labute approximate surface area is 149 Å². The number of benzene rings is 2. The van der Waals surface area contributed by atoms with Gasteiger partial charge in [0.25, 0.3) is 0 Å². The van der Waals surface area contributed by atoms with E-state index in [-0.39, 0.29) is 11.9 Å². The van der Waals surface area contributed by atoms with Gasteiger partial charge >= 0.3 is 5.97 Å². The summed E-state index contributed by atoms with van der Waals surface area (Å²) in [6.07, 6.45) is 3.33. The minimum atomic E-state index is -0.372. The van der Waals surface area contributed by atoms with Crippen LogP contribution >= 0.6 is 15.9 Å². The van der Waals surface area contributed by atoms with Crippen LogP contribution in [-0.2, 0) is 16.1 Å². The first kappa shape index (κ1) is 17.9. The molecule has 0 saturated carbocycles. The van der Waals surface area contributed by atoms with E-state index in [1.165, 1.54) is 7.11 Å². The lowest BCUT2D eigenvalue weighted by molar-refractivity contribution is -0.125. The molecule has 0 N–H and O–H groups in total. The molecule has 2 aromatic carbocycles. The van der Waals surface area contributed by atoms with Crippen LogP contribution in [0, 0.1) is 0 Å². The van der Waals surface area contributed by atoms with Gasteiger partial charge in [0.2, 0.25) is 5.91 Å². The molecule has 24 heavy (non-hydrogen) atoms. The molecule has 0 saturated heterocycles. The second-order valence-corrected chi connectivity index (χ2v) is 6.18. The van der Waals surface area contributed by atoms with Crippen molar-refractivity contribution in [2.45, 2.75) is 6.54 Å². The van der Waals surface area contributed by atoms with E-state index in [2.05, 4.69) is 20.7 Å². The molecule has 0 atom stereocenters. The highest BCUT2D eigenvalue weighted by Crippen LogP contribution is 2.12. The van der Waals surface area contributed by atoms with Crippen LogP contribution in [0.5, 0.6) is 0 Å². The first-order valence-electron chi connectivity index (χ1n) is 7.35. The Hall–Kier alpha value is -2.40. The Morgan fingerprint density at radius 3 is 2.29 bits per heavy atom. The summed E-state index contributed by atoms with van der Waals surface area (Å²) >= 11 is 3.38. The van der Waals surface area contributed by atoms with E-state index < -0.39 is 0 Å². The van der Waals surface area contributed by atoms with Crippen LogP contribution in [0.4, 0.5) is 0 Å². The van der Waals surface area contributed by atoms with Gasteiger partial charge in [-0.15, -0.1) is 0 Å². The number of ether oxygens (including phenoxy) is 1. The van der Waals surface area contributed by atoms with Gasteiger partial charge in [-0.25, -0.2) is 4.79 Å². The number of rotatable bonds is 5. The van der Waals surface area contributed by atoms with Gasteiger partial charge < -0.3 is 9.64 Å². The number of hydrogen-bond donors (Lipinski definition) is 0. The predicted octanol–water partition coefficient (Wildman–Crippen LogP) is 3.91.